The number of aromatic nitrogens is 3. The standard InChI is InChI=1S/C12H24N4O/c1-5-12(4,13)8-17-7-11-14-9-15-16(11)6-10(2)3/h9-10H,5-8,13H2,1-4H3. The van der Waals surface area contributed by atoms with Crippen LogP contribution in [0.15, 0.2) is 6.33 Å². The Hall–Kier alpha value is -0.940. The van der Waals surface area contributed by atoms with Gasteiger partial charge in [0.25, 0.3) is 0 Å². The molecule has 98 valence electrons. The van der Waals surface area contributed by atoms with Crippen LogP contribution in [0.5, 0.6) is 0 Å². The van der Waals surface area contributed by atoms with E-state index in [1.165, 1.54) is 0 Å². The van der Waals surface area contributed by atoms with E-state index in [9.17, 15) is 0 Å². The van der Waals surface area contributed by atoms with Crippen LogP contribution < -0.4 is 5.73 Å². The number of nitrogens with two attached hydrogens (primary N) is 1. The van der Waals surface area contributed by atoms with Gasteiger partial charge in [-0.3, -0.25) is 0 Å². The first-order valence-corrected chi connectivity index (χ1v) is 6.18. The second kappa shape index (κ2) is 6.12. The molecule has 0 saturated carbocycles. The zero-order valence-corrected chi connectivity index (χ0v) is 11.3. The number of rotatable bonds is 7. The van der Waals surface area contributed by atoms with E-state index in [2.05, 4.69) is 30.9 Å². The van der Waals surface area contributed by atoms with Gasteiger partial charge in [0.1, 0.15) is 12.9 Å². The van der Waals surface area contributed by atoms with Crippen LogP contribution >= 0.6 is 0 Å². The summed E-state index contributed by atoms with van der Waals surface area (Å²) in [5.41, 5.74) is 5.75. The molecule has 0 amide bonds. The third kappa shape index (κ3) is 4.83. The SMILES string of the molecule is CCC(C)(N)COCc1ncnn1CC(C)C. The van der Waals surface area contributed by atoms with Crippen molar-refractivity contribution in [2.75, 3.05) is 6.61 Å². The van der Waals surface area contributed by atoms with Crippen molar-refractivity contribution in [3.05, 3.63) is 12.2 Å². The largest absolute Gasteiger partial charge is 0.372 e. The van der Waals surface area contributed by atoms with Crippen molar-refractivity contribution in [3.8, 4) is 0 Å². The summed E-state index contributed by atoms with van der Waals surface area (Å²) >= 11 is 0. The molecular formula is C12H24N4O. The Labute approximate surface area is 103 Å². The van der Waals surface area contributed by atoms with E-state index in [0.717, 1.165) is 18.8 Å². The van der Waals surface area contributed by atoms with Crippen LogP contribution in [0.4, 0.5) is 0 Å². The quantitative estimate of drug-likeness (QED) is 0.785. The van der Waals surface area contributed by atoms with Gasteiger partial charge in [-0.2, -0.15) is 5.10 Å². The summed E-state index contributed by atoms with van der Waals surface area (Å²) in [6, 6.07) is 0. The van der Waals surface area contributed by atoms with Crippen LogP contribution in [-0.4, -0.2) is 26.9 Å². The molecule has 0 radical (unpaired) electrons. The molecule has 0 fully saturated rings. The normalized spacial score (nSPS) is 15.2. The van der Waals surface area contributed by atoms with Gasteiger partial charge in [0.15, 0.2) is 5.82 Å². The van der Waals surface area contributed by atoms with Gasteiger partial charge in [0.2, 0.25) is 0 Å². The van der Waals surface area contributed by atoms with Crippen LogP contribution in [0.25, 0.3) is 0 Å². The van der Waals surface area contributed by atoms with Crippen LogP contribution in [0.2, 0.25) is 0 Å². The molecule has 0 aliphatic carbocycles. The summed E-state index contributed by atoms with van der Waals surface area (Å²) < 4.78 is 7.50. The lowest BCUT2D eigenvalue weighted by Gasteiger charge is -2.22. The van der Waals surface area contributed by atoms with Crippen molar-refractivity contribution in [1.82, 2.24) is 14.8 Å². The Morgan fingerprint density at radius 1 is 1.53 bits per heavy atom. The highest BCUT2D eigenvalue weighted by atomic mass is 16.5. The van der Waals surface area contributed by atoms with E-state index in [-0.39, 0.29) is 5.54 Å². The molecule has 1 atom stereocenters. The number of nitrogens with zero attached hydrogens (tertiary/aromatic N) is 3. The molecule has 0 saturated heterocycles. The van der Waals surface area contributed by atoms with Crippen molar-refractivity contribution in [2.45, 2.75) is 52.8 Å². The van der Waals surface area contributed by atoms with Crippen molar-refractivity contribution >= 4 is 0 Å². The Balaban J connectivity index is 2.44. The minimum atomic E-state index is -0.261. The molecule has 5 nitrogen and oxygen atoms in total. The summed E-state index contributed by atoms with van der Waals surface area (Å²) in [5.74, 6) is 1.41. The molecule has 1 heterocycles. The highest BCUT2D eigenvalue weighted by Gasteiger charge is 2.16. The zero-order chi connectivity index (χ0) is 12.9. The second-order valence-corrected chi connectivity index (χ2v) is 5.25. The maximum Gasteiger partial charge on any atom is 0.152 e. The van der Waals surface area contributed by atoms with Crippen LogP contribution in [0, 0.1) is 5.92 Å². The van der Waals surface area contributed by atoms with Gasteiger partial charge in [-0.05, 0) is 19.3 Å². The Morgan fingerprint density at radius 2 is 2.24 bits per heavy atom. The van der Waals surface area contributed by atoms with Gasteiger partial charge in [-0.25, -0.2) is 9.67 Å². The molecule has 0 bridgehead atoms. The van der Waals surface area contributed by atoms with E-state index in [4.69, 9.17) is 10.5 Å². The van der Waals surface area contributed by atoms with E-state index >= 15 is 0 Å². The predicted molar refractivity (Wildman–Crippen MR) is 67.4 cm³/mol. The van der Waals surface area contributed by atoms with Gasteiger partial charge in [-0.15, -0.1) is 0 Å². The minimum absolute atomic E-state index is 0.261. The molecule has 2 N–H and O–H groups in total. The maximum absolute atomic E-state index is 6.01. The summed E-state index contributed by atoms with van der Waals surface area (Å²) in [6.07, 6.45) is 2.47. The van der Waals surface area contributed by atoms with Crippen molar-refractivity contribution in [2.24, 2.45) is 11.7 Å². The lowest BCUT2D eigenvalue weighted by Crippen LogP contribution is -2.40. The molecule has 17 heavy (non-hydrogen) atoms. The highest BCUT2D eigenvalue weighted by molar-refractivity contribution is 4.83. The van der Waals surface area contributed by atoms with Gasteiger partial charge in [0.05, 0.1) is 6.61 Å². The average molecular weight is 240 g/mol. The third-order valence-corrected chi connectivity index (χ3v) is 2.70. The molecule has 1 unspecified atom stereocenters. The number of hydrogen-bond acceptors (Lipinski definition) is 4. The summed E-state index contributed by atoms with van der Waals surface area (Å²) in [7, 11) is 0. The molecule has 1 rings (SSSR count). The lowest BCUT2D eigenvalue weighted by molar-refractivity contribution is 0.0708. The smallest absolute Gasteiger partial charge is 0.152 e. The molecular weight excluding hydrogens is 216 g/mol. The van der Waals surface area contributed by atoms with Crippen molar-refractivity contribution in [1.29, 1.82) is 0 Å². The number of hydrogen-bond donors (Lipinski definition) is 1. The van der Waals surface area contributed by atoms with E-state index in [1.807, 2.05) is 11.6 Å². The van der Waals surface area contributed by atoms with Crippen molar-refractivity contribution in [3.63, 3.8) is 0 Å². The van der Waals surface area contributed by atoms with Crippen molar-refractivity contribution < 1.29 is 4.74 Å². The Kier molecular flexibility index (Phi) is 5.08. The fourth-order valence-corrected chi connectivity index (χ4v) is 1.38. The lowest BCUT2D eigenvalue weighted by atomic mass is 10.0. The van der Waals surface area contributed by atoms with E-state index in [1.54, 1.807) is 6.33 Å². The summed E-state index contributed by atoms with van der Waals surface area (Å²) in [5, 5.41) is 4.19. The Bertz CT molecular complexity index is 333. The zero-order valence-electron chi connectivity index (χ0n) is 11.3. The fourth-order valence-electron chi connectivity index (χ4n) is 1.38. The average Bonchev–Trinajstić information content (AvgIpc) is 2.65. The van der Waals surface area contributed by atoms with Gasteiger partial charge in [0, 0.05) is 12.1 Å². The minimum Gasteiger partial charge on any atom is -0.372 e. The summed E-state index contributed by atoms with van der Waals surface area (Å²) in [4.78, 5) is 4.20. The Morgan fingerprint density at radius 3 is 2.82 bits per heavy atom. The van der Waals surface area contributed by atoms with Gasteiger partial charge >= 0.3 is 0 Å². The highest BCUT2D eigenvalue weighted by Crippen LogP contribution is 2.07. The molecule has 0 aliphatic heterocycles. The van der Waals surface area contributed by atoms with Crippen LogP contribution in [0.1, 0.15) is 39.9 Å². The predicted octanol–water partition coefficient (Wildman–Crippen LogP) is 1.58. The third-order valence-electron chi connectivity index (χ3n) is 2.70. The molecule has 0 aliphatic rings. The van der Waals surface area contributed by atoms with Gasteiger partial charge in [-0.1, -0.05) is 20.8 Å². The maximum atomic E-state index is 6.01. The second-order valence-electron chi connectivity index (χ2n) is 5.25. The fraction of sp³-hybridized carbons (Fsp3) is 0.833. The first kappa shape index (κ1) is 14.1. The number of ether oxygens (including phenoxy) is 1. The molecule has 5 heteroatoms. The first-order valence-electron chi connectivity index (χ1n) is 6.18. The first-order chi connectivity index (χ1) is 7.94. The molecule has 0 aromatic carbocycles. The molecule has 0 spiro atoms. The molecule has 1 aromatic rings. The van der Waals surface area contributed by atoms with Crippen LogP contribution in [0.3, 0.4) is 0 Å². The van der Waals surface area contributed by atoms with Gasteiger partial charge < -0.3 is 10.5 Å². The topological polar surface area (TPSA) is 66.0 Å². The van der Waals surface area contributed by atoms with E-state index < -0.39 is 0 Å². The molecule has 1 aromatic heterocycles. The van der Waals surface area contributed by atoms with Crippen LogP contribution in [-0.2, 0) is 17.9 Å². The summed E-state index contributed by atoms with van der Waals surface area (Å²) in [6.45, 7) is 10.2. The van der Waals surface area contributed by atoms with E-state index in [0.29, 0.717) is 19.1 Å². The monoisotopic (exact) mass is 240 g/mol.